The van der Waals surface area contributed by atoms with E-state index in [1.165, 1.54) is 0 Å². The van der Waals surface area contributed by atoms with Crippen molar-refractivity contribution < 1.29 is 28.6 Å². The second-order valence-corrected chi connectivity index (χ2v) is 8.27. The first kappa shape index (κ1) is 23.4. The van der Waals surface area contributed by atoms with Crippen LogP contribution in [0.4, 0.5) is 9.59 Å². The van der Waals surface area contributed by atoms with Gasteiger partial charge in [0.05, 0.1) is 24.4 Å². The van der Waals surface area contributed by atoms with Gasteiger partial charge in [0.2, 0.25) is 0 Å². The zero-order chi connectivity index (χ0) is 21.7. The van der Waals surface area contributed by atoms with Gasteiger partial charge in [-0.1, -0.05) is 0 Å². The summed E-state index contributed by atoms with van der Waals surface area (Å²) in [6, 6.07) is 1.60. The van der Waals surface area contributed by atoms with Crippen LogP contribution in [0.3, 0.4) is 0 Å². The minimum atomic E-state index is -0.890. The first-order chi connectivity index (χ1) is 12.7. The predicted molar refractivity (Wildman–Crippen MR) is 103 cm³/mol. The van der Waals surface area contributed by atoms with Crippen molar-refractivity contribution >= 4 is 18.2 Å². The first-order valence-electron chi connectivity index (χ1n) is 9.09. The van der Waals surface area contributed by atoms with Crippen molar-refractivity contribution in [1.29, 1.82) is 0 Å². The molecule has 0 aromatic carbocycles. The summed E-state index contributed by atoms with van der Waals surface area (Å²) in [5.74, 6) is -0.581. The van der Waals surface area contributed by atoms with Crippen LogP contribution in [0.15, 0.2) is 12.3 Å². The van der Waals surface area contributed by atoms with E-state index in [9.17, 15) is 14.4 Å². The number of hydrogen-bond acceptors (Lipinski definition) is 7. The van der Waals surface area contributed by atoms with Crippen LogP contribution in [0.1, 0.15) is 70.1 Å². The summed E-state index contributed by atoms with van der Waals surface area (Å²) in [5.41, 5.74) is -0.503. The molecule has 8 nitrogen and oxygen atoms in total. The molecular formula is C20H30N2O6. The third-order valence-electron chi connectivity index (χ3n) is 3.14. The van der Waals surface area contributed by atoms with Gasteiger partial charge in [-0.25, -0.2) is 19.3 Å². The summed E-state index contributed by atoms with van der Waals surface area (Å²) in [4.78, 5) is 42.5. The number of rotatable bonds is 4. The lowest BCUT2D eigenvalue weighted by Gasteiger charge is -2.28. The van der Waals surface area contributed by atoms with Gasteiger partial charge in [0.15, 0.2) is 0 Å². The van der Waals surface area contributed by atoms with Gasteiger partial charge in [-0.2, -0.15) is 0 Å². The zero-order valence-electron chi connectivity index (χ0n) is 17.9. The Bertz CT molecular complexity index is 703. The molecule has 2 amide bonds. The lowest BCUT2D eigenvalue weighted by molar-refractivity contribution is -0.000732. The maximum atomic E-state index is 12.6. The maximum absolute atomic E-state index is 12.6. The summed E-state index contributed by atoms with van der Waals surface area (Å²) in [7, 11) is 0. The molecule has 8 heteroatoms. The van der Waals surface area contributed by atoms with Crippen LogP contribution in [0.2, 0.25) is 0 Å². The van der Waals surface area contributed by atoms with Gasteiger partial charge in [-0.15, -0.1) is 0 Å². The Balaban J connectivity index is 3.27. The number of amides is 2. The first-order valence-corrected chi connectivity index (χ1v) is 9.09. The molecule has 0 aliphatic rings. The SMILES string of the molecule is CCOC(=O)c1cc(C)cnc1CN(C(=O)OC(C)(C)C)C(=O)OC(C)(C)C. The van der Waals surface area contributed by atoms with Crippen LogP contribution < -0.4 is 0 Å². The normalized spacial score (nSPS) is 11.6. The fourth-order valence-corrected chi connectivity index (χ4v) is 2.10. The number of imide groups is 1. The molecule has 156 valence electrons. The number of aryl methyl sites for hydroxylation is 1. The van der Waals surface area contributed by atoms with E-state index in [1.54, 1.807) is 67.7 Å². The van der Waals surface area contributed by atoms with E-state index in [0.29, 0.717) is 0 Å². The van der Waals surface area contributed by atoms with E-state index >= 15 is 0 Å². The molecule has 0 fully saturated rings. The Labute approximate surface area is 166 Å². The second-order valence-electron chi connectivity index (χ2n) is 8.27. The highest BCUT2D eigenvalue weighted by atomic mass is 16.6. The zero-order valence-corrected chi connectivity index (χ0v) is 17.9. The van der Waals surface area contributed by atoms with E-state index in [2.05, 4.69) is 4.98 Å². The van der Waals surface area contributed by atoms with Gasteiger partial charge in [0.25, 0.3) is 0 Å². The summed E-state index contributed by atoms with van der Waals surface area (Å²) < 4.78 is 15.7. The monoisotopic (exact) mass is 394 g/mol. The van der Waals surface area contributed by atoms with Crippen LogP contribution in [-0.4, -0.2) is 45.8 Å². The fourth-order valence-electron chi connectivity index (χ4n) is 2.10. The molecular weight excluding hydrogens is 364 g/mol. The van der Waals surface area contributed by atoms with Gasteiger partial charge in [0.1, 0.15) is 11.2 Å². The second kappa shape index (κ2) is 9.03. The smallest absolute Gasteiger partial charge is 0.420 e. The summed E-state index contributed by atoms with van der Waals surface area (Å²) in [6.07, 6.45) is -0.238. The molecule has 1 aromatic heterocycles. The molecule has 1 aromatic rings. The van der Waals surface area contributed by atoms with Crippen LogP contribution >= 0.6 is 0 Å². The van der Waals surface area contributed by atoms with E-state index < -0.39 is 29.4 Å². The third kappa shape index (κ3) is 7.54. The highest BCUT2D eigenvalue weighted by Gasteiger charge is 2.32. The molecule has 0 spiro atoms. The van der Waals surface area contributed by atoms with Gasteiger partial charge < -0.3 is 14.2 Å². The molecule has 0 unspecified atom stereocenters. The number of carbonyl (C=O) groups excluding carboxylic acids is 3. The molecule has 0 aliphatic carbocycles. The largest absolute Gasteiger partial charge is 0.462 e. The minimum absolute atomic E-state index is 0.180. The number of esters is 1. The van der Waals surface area contributed by atoms with Gasteiger partial charge in [0, 0.05) is 6.20 Å². The molecule has 0 atom stereocenters. The van der Waals surface area contributed by atoms with E-state index in [-0.39, 0.29) is 24.4 Å². The van der Waals surface area contributed by atoms with Crippen LogP contribution in [0, 0.1) is 6.92 Å². The lowest BCUT2D eigenvalue weighted by Crippen LogP contribution is -2.43. The van der Waals surface area contributed by atoms with Crippen molar-refractivity contribution in [2.24, 2.45) is 0 Å². The van der Waals surface area contributed by atoms with Crippen LogP contribution in [-0.2, 0) is 20.8 Å². The fraction of sp³-hybridized carbons (Fsp3) is 0.600. The molecule has 1 rings (SSSR count). The standard InChI is InChI=1S/C20H30N2O6/c1-9-26-16(23)14-10-13(2)11-21-15(14)12-22(17(24)27-19(3,4)5)18(25)28-20(6,7)8/h10-11H,9,12H2,1-8H3. The van der Waals surface area contributed by atoms with Crippen molar-refractivity contribution in [2.45, 2.75) is 73.1 Å². The van der Waals surface area contributed by atoms with Gasteiger partial charge in [-0.05, 0) is 67.0 Å². The summed E-state index contributed by atoms with van der Waals surface area (Å²) in [6.45, 7) is 13.5. The van der Waals surface area contributed by atoms with Crippen molar-refractivity contribution in [3.8, 4) is 0 Å². The summed E-state index contributed by atoms with van der Waals surface area (Å²) >= 11 is 0. The maximum Gasteiger partial charge on any atom is 0.420 e. The molecule has 0 saturated carbocycles. The molecule has 28 heavy (non-hydrogen) atoms. The van der Waals surface area contributed by atoms with E-state index in [0.717, 1.165) is 10.5 Å². The molecule has 1 heterocycles. The number of ether oxygens (including phenoxy) is 3. The quantitative estimate of drug-likeness (QED) is 0.557. The molecule has 0 bridgehead atoms. The van der Waals surface area contributed by atoms with E-state index in [4.69, 9.17) is 14.2 Å². The van der Waals surface area contributed by atoms with Crippen molar-refractivity contribution in [1.82, 2.24) is 9.88 Å². The topological polar surface area (TPSA) is 95.0 Å². The third-order valence-corrected chi connectivity index (χ3v) is 3.14. The summed E-state index contributed by atoms with van der Waals surface area (Å²) in [5, 5.41) is 0. The Kier molecular flexibility index (Phi) is 7.55. The number of pyridine rings is 1. The number of hydrogen-bond donors (Lipinski definition) is 0. The molecule has 0 N–H and O–H groups in total. The Morgan fingerprint density at radius 1 is 1.00 bits per heavy atom. The molecule has 0 radical (unpaired) electrons. The Morgan fingerprint density at radius 3 is 1.93 bits per heavy atom. The minimum Gasteiger partial charge on any atom is -0.462 e. The van der Waals surface area contributed by atoms with Crippen LogP contribution in [0.5, 0.6) is 0 Å². The Morgan fingerprint density at radius 2 is 1.50 bits per heavy atom. The highest BCUT2D eigenvalue weighted by molar-refractivity contribution is 5.92. The Hall–Kier alpha value is -2.64. The molecule has 0 saturated heterocycles. The average Bonchev–Trinajstić information content (AvgIpc) is 2.50. The highest BCUT2D eigenvalue weighted by Crippen LogP contribution is 2.19. The molecule has 0 aliphatic heterocycles. The van der Waals surface area contributed by atoms with Crippen molar-refractivity contribution in [3.63, 3.8) is 0 Å². The van der Waals surface area contributed by atoms with Gasteiger partial charge in [-0.3, -0.25) is 4.98 Å². The lowest BCUT2D eigenvalue weighted by atomic mass is 10.1. The van der Waals surface area contributed by atoms with E-state index in [1.807, 2.05) is 0 Å². The van der Waals surface area contributed by atoms with Gasteiger partial charge >= 0.3 is 18.2 Å². The van der Waals surface area contributed by atoms with Crippen LogP contribution in [0.25, 0.3) is 0 Å². The number of carbonyl (C=O) groups is 3. The van der Waals surface area contributed by atoms with Crippen molar-refractivity contribution in [2.75, 3.05) is 6.61 Å². The predicted octanol–water partition coefficient (Wildman–Crippen LogP) is 4.24. The van der Waals surface area contributed by atoms with Crippen molar-refractivity contribution in [3.05, 3.63) is 29.1 Å². The number of nitrogens with zero attached hydrogens (tertiary/aromatic N) is 2. The number of aromatic nitrogens is 1. The average molecular weight is 394 g/mol.